The summed E-state index contributed by atoms with van der Waals surface area (Å²) in [6, 6.07) is 5.56. The van der Waals surface area contributed by atoms with Crippen LogP contribution in [0.1, 0.15) is 36.7 Å². The van der Waals surface area contributed by atoms with Gasteiger partial charge in [-0.25, -0.2) is 4.79 Å². The molecule has 0 aromatic heterocycles. The second-order valence-corrected chi connectivity index (χ2v) is 9.53. The normalized spacial score (nSPS) is 11.1. The molecule has 0 fully saturated rings. The van der Waals surface area contributed by atoms with Gasteiger partial charge in [-0.3, -0.25) is 0 Å². The molecule has 1 aromatic rings. The van der Waals surface area contributed by atoms with Crippen molar-refractivity contribution >= 4 is 55.7 Å². The van der Waals surface area contributed by atoms with E-state index in [1.54, 1.807) is 17.8 Å². The molecule has 0 aliphatic heterocycles. The molecule has 0 spiro atoms. The lowest BCUT2D eigenvalue weighted by atomic mass is 10.1. The summed E-state index contributed by atoms with van der Waals surface area (Å²) in [5, 5.41) is 0. The summed E-state index contributed by atoms with van der Waals surface area (Å²) in [5.41, 5.74) is 1.62. The third-order valence-corrected chi connectivity index (χ3v) is 3.76. The smallest absolute Gasteiger partial charge is 0.337 e. The number of carbonyl (C=O) groups is 1. The van der Waals surface area contributed by atoms with Gasteiger partial charge in [0.1, 0.15) is 0 Å². The molecule has 0 atom stereocenters. The minimum Gasteiger partial charge on any atom is -0.465 e. The molecule has 0 aliphatic carbocycles. The molecule has 19 heavy (non-hydrogen) atoms. The Morgan fingerprint density at radius 3 is 2.42 bits per heavy atom. The Labute approximate surface area is 135 Å². The van der Waals surface area contributed by atoms with Crippen LogP contribution in [0.4, 0.5) is 0 Å². The number of hydrogen-bond acceptors (Lipinski definition) is 3. The third-order valence-electron chi connectivity index (χ3n) is 2.12. The molecule has 0 saturated heterocycles. The Morgan fingerprint density at radius 2 is 1.95 bits per heavy atom. The molecule has 0 unspecified atom stereocenters. The topological polar surface area (TPSA) is 26.3 Å². The van der Waals surface area contributed by atoms with Crippen molar-refractivity contribution < 1.29 is 9.53 Å². The van der Waals surface area contributed by atoms with Gasteiger partial charge in [-0.1, -0.05) is 26.8 Å². The maximum Gasteiger partial charge on any atom is 0.337 e. The van der Waals surface area contributed by atoms with Crippen LogP contribution in [0.3, 0.4) is 0 Å². The fraction of sp³-hybridized carbons (Fsp3) is 0.357. The Kier molecular flexibility index (Phi) is 6.15. The molecule has 0 heterocycles. The number of halogens is 2. The van der Waals surface area contributed by atoms with E-state index in [-0.39, 0.29) is 10.7 Å². The van der Waals surface area contributed by atoms with Crippen LogP contribution in [0.15, 0.2) is 26.5 Å². The molecule has 0 radical (unpaired) electrons. The van der Waals surface area contributed by atoms with Crippen molar-refractivity contribution in [3.63, 3.8) is 0 Å². The Balaban J connectivity index is 3.26. The molecule has 5 heteroatoms. The highest BCUT2D eigenvalue weighted by Crippen LogP contribution is 2.36. The standard InChI is InChI=1S/C14H16Br2O2S/c1-14(2,3)19-11-7-10(13(17)18-4)6-5-9(11)8-12(15)16/h5-8H,1-4H3. The summed E-state index contributed by atoms with van der Waals surface area (Å²) in [6.07, 6.45) is 1.97. The van der Waals surface area contributed by atoms with Crippen molar-refractivity contribution in [2.45, 2.75) is 30.4 Å². The number of benzene rings is 1. The second-order valence-electron chi connectivity index (χ2n) is 4.89. The van der Waals surface area contributed by atoms with Gasteiger partial charge in [0, 0.05) is 9.64 Å². The number of esters is 1. The van der Waals surface area contributed by atoms with E-state index < -0.39 is 0 Å². The van der Waals surface area contributed by atoms with E-state index in [1.165, 1.54) is 7.11 Å². The molecule has 0 saturated carbocycles. The number of carbonyl (C=O) groups excluding carboxylic acids is 1. The summed E-state index contributed by atoms with van der Waals surface area (Å²) >= 11 is 8.44. The van der Waals surface area contributed by atoms with E-state index in [1.807, 2.05) is 18.2 Å². The first kappa shape index (κ1) is 16.8. The first-order chi connectivity index (χ1) is 8.73. The number of thioether (sulfide) groups is 1. The number of methoxy groups -OCH3 is 1. The van der Waals surface area contributed by atoms with E-state index in [0.717, 1.165) is 13.9 Å². The van der Waals surface area contributed by atoms with Crippen LogP contribution < -0.4 is 0 Å². The molecule has 2 nitrogen and oxygen atoms in total. The molecule has 0 N–H and O–H groups in total. The fourth-order valence-electron chi connectivity index (χ4n) is 1.43. The maximum absolute atomic E-state index is 11.6. The van der Waals surface area contributed by atoms with E-state index in [0.29, 0.717) is 5.56 Å². The molecular weight excluding hydrogens is 392 g/mol. The minimum atomic E-state index is -0.316. The van der Waals surface area contributed by atoms with E-state index >= 15 is 0 Å². The summed E-state index contributed by atoms with van der Waals surface area (Å²) < 4.78 is 5.69. The van der Waals surface area contributed by atoms with Gasteiger partial charge in [0.2, 0.25) is 0 Å². The first-order valence-electron chi connectivity index (χ1n) is 5.67. The van der Waals surface area contributed by atoms with E-state index in [2.05, 4.69) is 52.6 Å². The summed E-state index contributed by atoms with van der Waals surface area (Å²) in [5.74, 6) is -0.316. The van der Waals surface area contributed by atoms with Crippen molar-refractivity contribution in [2.24, 2.45) is 0 Å². The van der Waals surface area contributed by atoms with Gasteiger partial charge in [0.05, 0.1) is 16.1 Å². The number of hydrogen-bond donors (Lipinski definition) is 0. The zero-order valence-corrected chi connectivity index (χ0v) is 15.3. The van der Waals surface area contributed by atoms with Gasteiger partial charge >= 0.3 is 5.97 Å². The average molecular weight is 408 g/mol. The lowest BCUT2D eigenvalue weighted by Gasteiger charge is -2.19. The van der Waals surface area contributed by atoms with Crippen LogP contribution in [-0.4, -0.2) is 17.8 Å². The van der Waals surface area contributed by atoms with Crippen LogP contribution in [-0.2, 0) is 4.74 Å². The van der Waals surface area contributed by atoms with Crippen molar-refractivity contribution in [3.8, 4) is 0 Å². The highest BCUT2D eigenvalue weighted by molar-refractivity contribution is 9.28. The molecule has 0 aliphatic rings. The SMILES string of the molecule is COC(=O)c1ccc(C=C(Br)Br)c(SC(C)(C)C)c1. The largest absolute Gasteiger partial charge is 0.465 e. The summed E-state index contributed by atoms with van der Waals surface area (Å²) in [7, 11) is 1.39. The Bertz CT molecular complexity index is 501. The molecule has 1 aromatic carbocycles. The van der Waals surface area contributed by atoms with Gasteiger partial charge in [-0.05, 0) is 55.6 Å². The summed E-state index contributed by atoms with van der Waals surface area (Å²) in [4.78, 5) is 12.6. The predicted octanol–water partition coefficient (Wildman–Crippen LogP) is 5.45. The van der Waals surface area contributed by atoms with Crippen LogP contribution in [0, 0.1) is 0 Å². The number of ether oxygens (including phenoxy) is 1. The van der Waals surface area contributed by atoms with Crippen molar-refractivity contribution in [2.75, 3.05) is 7.11 Å². The fourth-order valence-corrected chi connectivity index (χ4v) is 3.02. The second kappa shape index (κ2) is 6.95. The Morgan fingerprint density at radius 1 is 1.32 bits per heavy atom. The van der Waals surface area contributed by atoms with E-state index in [4.69, 9.17) is 4.74 Å². The van der Waals surface area contributed by atoms with Gasteiger partial charge < -0.3 is 4.74 Å². The third kappa shape index (κ3) is 5.71. The van der Waals surface area contributed by atoms with Crippen molar-refractivity contribution in [3.05, 3.63) is 32.7 Å². The maximum atomic E-state index is 11.6. The lowest BCUT2D eigenvalue weighted by Crippen LogP contribution is -2.08. The van der Waals surface area contributed by atoms with Gasteiger partial charge in [-0.2, -0.15) is 0 Å². The number of rotatable bonds is 3. The predicted molar refractivity (Wildman–Crippen MR) is 89.2 cm³/mol. The van der Waals surface area contributed by atoms with Crippen molar-refractivity contribution in [1.29, 1.82) is 0 Å². The van der Waals surface area contributed by atoms with Gasteiger partial charge in [0.25, 0.3) is 0 Å². The average Bonchev–Trinajstić information content (AvgIpc) is 2.28. The van der Waals surface area contributed by atoms with Gasteiger partial charge in [-0.15, -0.1) is 11.8 Å². The molecule has 1 rings (SSSR count). The van der Waals surface area contributed by atoms with Crippen LogP contribution in [0.2, 0.25) is 0 Å². The van der Waals surface area contributed by atoms with Crippen LogP contribution >= 0.6 is 43.6 Å². The minimum absolute atomic E-state index is 0.0656. The monoisotopic (exact) mass is 406 g/mol. The van der Waals surface area contributed by atoms with Crippen molar-refractivity contribution in [1.82, 2.24) is 0 Å². The van der Waals surface area contributed by atoms with Gasteiger partial charge in [0.15, 0.2) is 0 Å². The summed E-state index contributed by atoms with van der Waals surface area (Å²) in [6.45, 7) is 6.41. The molecule has 0 bridgehead atoms. The van der Waals surface area contributed by atoms with E-state index in [9.17, 15) is 4.79 Å². The highest BCUT2D eigenvalue weighted by Gasteiger charge is 2.16. The molecular formula is C14H16Br2O2S. The quantitative estimate of drug-likeness (QED) is 0.492. The first-order valence-corrected chi connectivity index (χ1v) is 8.07. The Hall–Kier alpha value is -0.260. The zero-order valence-electron chi connectivity index (χ0n) is 11.3. The molecule has 0 amide bonds. The molecule has 104 valence electrons. The highest BCUT2D eigenvalue weighted by atomic mass is 79.9. The van der Waals surface area contributed by atoms with Crippen LogP contribution in [0.25, 0.3) is 6.08 Å². The zero-order chi connectivity index (χ0) is 14.6. The lowest BCUT2D eigenvalue weighted by molar-refractivity contribution is 0.0600. The van der Waals surface area contributed by atoms with Crippen LogP contribution in [0.5, 0.6) is 0 Å².